The average Bonchev–Trinajstić information content (AvgIpc) is 3.25. The first kappa shape index (κ1) is 26.9. The van der Waals surface area contributed by atoms with E-state index in [2.05, 4.69) is 33.8 Å². The molecule has 0 heterocycles. The van der Waals surface area contributed by atoms with Gasteiger partial charge < -0.3 is 14.9 Å². The zero-order valence-corrected chi connectivity index (χ0v) is 23.4. The molecular formula is C33H48O4. The number of fused-ring (bicyclic) bond motifs is 5. The summed E-state index contributed by atoms with van der Waals surface area (Å²) < 4.78 is 5.55. The van der Waals surface area contributed by atoms with Crippen LogP contribution >= 0.6 is 0 Å². The van der Waals surface area contributed by atoms with Crippen LogP contribution in [0.25, 0.3) is 0 Å². The maximum atomic E-state index is 12.5. The van der Waals surface area contributed by atoms with Gasteiger partial charge in [-0.2, -0.15) is 0 Å². The Bertz CT molecular complexity index is 987. The van der Waals surface area contributed by atoms with E-state index >= 15 is 0 Å². The molecule has 0 spiro atoms. The van der Waals surface area contributed by atoms with E-state index in [0.717, 1.165) is 31.2 Å². The molecule has 4 aliphatic carbocycles. The van der Waals surface area contributed by atoms with Gasteiger partial charge in [-0.15, -0.1) is 0 Å². The molecule has 5 unspecified atom stereocenters. The van der Waals surface area contributed by atoms with E-state index in [-0.39, 0.29) is 29.0 Å². The quantitative estimate of drug-likeness (QED) is 0.332. The normalized spacial score (nSPS) is 43.0. The van der Waals surface area contributed by atoms with E-state index in [0.29, 0.717) is 48.5 Å². The predicted molar refractivity (Wildman–Crippen MR) is 146 cm³/mol. The summed E-state index contributed by atoms with van der Waals surface area (Å²) in [6.07, 6.45) is 10.4. The van der Waals surface area contributed by atoms with Crippen molar-refractivity contribution in [2.75, 3.05) is 0 Å². The minimum absolute atomic E-state index is 0.0991. The molecule has 37 heavy (non-hydrogen) atoms. The van der Waals surface area contributed by atoms with Gasteiger partial charge in [-0.3, -0.25) is 4.79 Å². The second-order valence-corrected chi connectivity index (χ2v) is 13.4. The van der Waals surface area contributed by atoms with Crippen molar-refractivity contribution in [3.8, 4) is 0 Å². The summed E-state index contributed by atoms with van der Waals surface area (Å²) in [6, 6.07) is 9.89. The van der Waals surface area contributed by atoms with Crippen LogP contribution in [0.4, 0.5) is 0 Å². The lowest BCUT2D eigenvalue weighted by atomic mass is 9.42. The molecule has 2 N–H and O–H groups in total. The van der Waals surface area contributed by atoms with Gasteiger partial charge in [0.15, 0.2) is 0 Å². The van der Waals surface area contributed by atoms with Crippen molar-refractivity contribution in [2.24, 2.45) is 46.3 Å². The highest BCUT2D eigenvalue weighted by Gasteiger charge is 2.63. The van der Waals surface area contributed by atoms with Crippen LogP contribution in [0.15, 0.2) is 42.0 Å². The number of allylic oxidation sites excluding steroid dienone is 1. The lowest BCUT2D eigenvalue weighted by Crippen LogP contribution is -2.59. The maximum Gasteiger partial charge on any atom is 0.306 e. The SMILES string of the molecule is C/C=C1\C(O)C2C3CCC([C@H](C)CCC(=O)OCc4ccccc4)[C@@]3(C)CCC2[C@@]2(C)CC[C@@H](O)C[C@@H]12. The molecule has 5 rings (SSSR count). The molecule has 0 bridgehead atoms. The van der Waals surface area contributed by atoms with Crippen LogP contribution in [-0.4, -0.2) is 28.4 Å². The van der Waals surface area contributed by atoms with Crippen LogP contribution < -0.4 is 0 Å². The number of aliphatic hydroxyl groups is 2. The Kier molecular flexibility index (Phi) is 7.64. The van der Waals surface area contributed by atoms with Crippen LogP contribution in [0, 0.1) is 46.3 Å². The number of esters is 1. The summed E-state index contributed by atoms with van der Waals surface area (Å²) in [4.78, 5) is 12.5. The van der Waals surface area contributed by atoms with E-state index in [9.17, 15) is 15.0 Å². The monoisotopic (exact) mass is 508 g/mol. The molecule has 10 atom stereocenters. The summed E-state index contributed by atoms with van der Waals surface area (Å²) in [7, 11) is 0. The number of hydrogen-bond donors (Lipinski definition) is 2. The van der Waals surface area contributed by atoms with Crippen LogP contribution in [0.3, 0.4) is 0 Å². The van der Waals surface area contributed by atoms with Crippen molar-refractivity contribution in [1.29, 1.82) is 0 Å². The topological polar surface area (TPSA) is 66.8 Å². The number of benzene rings is 1. The standard InChI is InChI=1S/C33H48O4/c1-5-24-28-19-23(34)15-17-33(28,4)27-16-18-32(3)25(12-13-26(32)30(27)31(24)36)21(2)11-14-29(35)37-20-22-9-7-6-8-10-22/h5-10,21,23,25-28,30-31,34,36H,11-20H2,1-4H3/b24-5-/t21-,23-,25?,26?,27?,28+,30?,31?,32-,33-/m1/s1. The second-order valence-electron chi connectivity index (χ2n) is 13.4. The highest BCUT2D eigenvalue weighted by molar-refractivity contribution is 5.69. The van der Waals surface area contributed by atoms with Gasteiger partial charge in [-0.1, -0.05) is 57.2 Å². The molecule has 4 saturated carbocycles. The van der Waals surface area contributed by atoms with Crippen molar-refractivity contribution in [3.05, 3.63) is 47.5 Å². The molecule has 1 aromatic carbocycles. The lowest BCUT2D eigenvalue weighted by molar-refractivity contribution is -0.149. The molecule has 4 aliphatic rings. The molecule has 1 aromatic rings. The van der Waals surface area contributed by atoms with Gasteiger partial charge in [0.05, 0.1) is 12.2 Å². The Morgan fingerprint density at radius 1 is 1.05 bits per heavy atom. The zero-order valence-electron chi connectivity index (χ0n) is 23.4. The lowest BCUT2D eigenvalue weighted by Gasteiger charge is -2.63. The molecule has 0 aromatic heterocycles. The number of carbonyl (C=O) groups is 1. The van der Waals surface area contributed by atoms with Crippen molar-refractivity contribution in [1.82, 2.24) is 0 Å². The molecule has 4 nitrogen and oxygen atoms in total. The Morgan fingerprint density at radius 2 is 1.76 bits per heavy atom. The largest absolute Gasteiger partial charge is 0.461 e. The fourth-order valence-electron chi connectivity index (χ4n) is 9.81. The minimum Gasteiger partial charge on any atom is -0.461 e. The first-order chi connectivity index (χ1) is 17.7. The van der Waals surface area contributed by atoms with E-state index < -0.39 is 0 Å². The van der Waals surface area contributed by atoms with Gasteiger partial charge in [-0.25, -0.2) is 0 Å². The number of hydrogen-bond acceptors (Lipinski definition) is 4. The number of carbonyl (C=O) groups excluding carboxylic acids is 1. The van der Waals surface area contributed by atoms with Gasteiger partial charge in [0.2, 0.25) is 0 Å². The third kappa shape index (κ3) is 4.71. The number of ether oxygens (including phenoxy) is 1. The maximum absolute atomic E-state index is 12.5. The Hall–Kier alpha value is -1.65. The average molecular weight is 509 g/mol. The van der Waals surface area contributed by atoms with Gasteiger partial charge >= 0.3 is 5.97 Å². The molecule has 0 saturated heterocycles. The molecule has 0 aliphatic heterocycles. The highest BCUT2D eigenvalue weighted by atomic mass is 16.5. The van der Waals surface area contributed by atoms with Crippen molar-refractivity contribution >= 4 is 5.97 Å². The third-order valence-corrected chi connectivity index (χ3v) is 11.7. The Balaban J connectivity index is 1.26. The third-order valence-electron chi connectivity index (χ3n) is 11.7. The number of aliphatic hydroxyl groups excluding tert-OH is 2. The van der Waals surface area contributed by atoms with Gasteiger partial charge in [-0.05, 0) is 116 Å². The van der Waals surface area contributed by atoms with Crippen LogP contribution in [0.5, 0.6) is 0 Å². The van der Waals surface area contributed by atoms with Crippen LogP contribution in [0.2, 0.25) is 0 Å². The molecular weight excluding hydrogens is 460 g/mol. The summed E-state index contributed by atoms with van der Waals surface area (Å²) in [5.74, 6) is 2.63. The fraction of sp³-hybridized carbons (Fsp3) is 0.727. The number of rotatable bonds is 6. The second kappa shape index (κ2) is 10.5. The van der Waals surface area contributed by atoms with Crippen LogP contribution in [-0.2, 0) is 16.1 Å². The molecule has 4 fully saturated rings. The summed E-state index contributed by atoms with van der Waals surface area (Å²) in [6.45, 7) is 9.73. The fourth-order valence-corrected chi connectivity index (χ4v) is 9.81. The van der Waals surface area contributed by atoms with Crippen molar-refractivity contribution in [2.45, 2.75) is 104 Å². The molecule has 0 radical (unpaired) electrons. The summed E-state index contributed by atoms with van der Waals surface area (Å²) in [5.41, 5.74) is 2.62. The van der Waals surface area contributed by atoms with E-state index in [4.69, 9.17) is 4.74 Å². The van der Waals surface area contributed by atoms with Crippen LogP contribution in [0.1, 0.15) is 91.0 Å². The van der Waals surface area contributed by atoms with Crippen molar-refractivity contribution in [3.63, 3.8) is 0 Å². The first-order valence-corrected chi connectivity index (χ1v) is 14.9. The molecule has 4 heteroatoms. The zero-order chi connectivity index (χ0) is 26.4. The van der Waals surface area contributed by atoms with E-state index in [1.165, 1.54) is 31.3 Å². The predicted octanol–water partition coefficient (Wildman–Crippen LogP) is 6.69. The van der Waals surface area contributed by atoms with E-state index in [1.54, 1.807) is 0 Å². The van der Waals surface area contributed by atoms with E-state index in [1.807, 2.05) is 30.3 Å². The minimum atomic E-state index is -0.384. The van der Waals surface area contributed by atoms with Crippen molar-refractivity contribution < 1.29 is 19.7 Å². The Morgan fingerprint density at radius 3 is 2.49 bits per heavy atom. The first-order valence-electron chi connectivity index (χ1n) is 14.9. The molecule has 204 valence electrons. The smallest absolute Gasteiger partial charge is 0.306 e. The van der Waals surface area contributed by atoms with Gasteiger partial charge in [0.25, 0.3) is 0 Å². The molecule has 0 amide bonds. The highest BCUT2D eigenvalue weighted by Crippen LogP contribution is 2.69. The summed E-state index contributed by atoms with van der Waals surface area (Å²) in [5, 5.41) is 22.3. The van der Waals surface area contributed by atoms with Gasteiger partial charge in [0.1, 0.15) is 6.61 Å². The van der Waals surface area contributed by atoms with Gasteiger partial charge in [0, 0.05) is 6.42 Å². The Labute approximate surface area is 223 Å². The summed E-state index contributed by atoms with van der Waals surface area (Å²) >= 11 is 0.